The second-order valence-electron chi connectivity index (χ2n) is 2.95. The van der Waals surface area contributed by atoms with Gasteiger partial charge in [-0.2, -0.15) is 0 Å². The summed E-state index contributed by atoms with van der Waals surface area (Å²) in [6, 6.07) is 0. The molecule has 1 heterocycles. The molecule has 0 spiro atoms. The van der Waals surface area contributed by atoms with E-state index >= 15 is 0 Å². The Kier molecular flexibility index (Phi) is 5.14. The highest BCUT2D eigenvalue weighted by Crippen LogP contribution is 2.02. The lowest BCUT2D eigenvalue weighted by atomic mass is 10.3. The van der Waals surface area contributed by atoms with Crippen molar-refractivity contribution in [2.24, 2.45) is 0 Å². The molecule has 4 heteroatoms. The largest absolute Gasteiger partial charge is 0.379 e. The Morgan fingerprint density at radius 3 is 2.67 bits per heavy atom. The average molecular weight is 205 g/mol. The number of hydrogen-bond donors (Lipinski definition) is 1. The maximum atomic E-state index is 5.24. The minimum absolute atomic E-state index is 0.822. The molecule has 0 aromatic heterocycles. The van der Waals surface area contributed by atoms with E-state index in [2.05, 4.69) is 17.5 Å². The van der Waals surface area contributed by atoms with Gasteiger partial charge in [-0.25, -0.2) is 0 Å². The van der Waals surface area contributed by atoms with Crippen molar-refractivity contribution in [3.05, 3.63) is 0 Å². The van der Waals surface area contributed by atoms with Crippen LogP contribution in [0.4, 0.5) is 0 Å². The van der Waals surface area contributed by atoms with Crippen LogP contribution >= 0.6 is 24.8 Å². The van der Waals surface area contributed by atoms with E-state index in [0.717, 1.165) is 49.9 Å². The predicted molar refractivity (Wildman–Crippen MR) is 58.1 cm³/mol. The van der Waals surface area contributed by atoms with Crippen LogP contribution in [0.2, 0.25) is 0 Å². The monoisotopic (exact) mass is 205 g/mol. The molecule has 2 nitrogen and oxygen atoms in total. The molecule has 0 aromatic carbocycles. The quantitative estimate of drug-likeness (QED) is 0.550. The smallest absolute Gasteiger partial charge is 0.0594 e. The van der Waals surface area contributed by atoms with Gasteiger partial charge < -0.3 is 4.74 Å². The van der Waals surface area contributed by atoms with Crippen LogP contribution < -0.4 is 0 Å². The predicted octanol–water partition coefficient (Wildman–Crippen LogP) is 1.36. The normalized spacial score (nSPS) is 19.4. The standard InChI is InChI=1S/C8H15NOS2/c11-8(12)2-1-3-9-4-6-10-7-5-9/h1-7H2,(H,11,12). The second kappa shape index (κ2) is 5.91. The summed E-state index contributed by atoms with van der Waals surface area (Å²) in [6.45, 7) is 5.03. The Balaban J connectivity index is 2.01. The maximum Gasteiger partial charge on any atom is 0.0594 e. The zero-order valence-corrected chi connectivity index (χ0v) is 8.87. The first-order chi connectivity index (χ1) is 5.79. The first kappa shape index (κ1) is 10.4. The summed E-state index contributed by atoms with van der Waals surface area (Å²) in [7, 11) is 0. The Hall–Kier alpha value is 0.360. The molecule has 1 aliphatic rings. The fourth-order valence-corrected chi connectivity index (χ4v) is 1.58. The highest BCUT2D eigenvalue weighted by atomic mass is 32.1. The van der Waals surface area contributed by atoms with Gasteiger partial charge in [0, 0.05) is 17.3 Å². The lowest BCUT2D eigenvalue weighted by molar-refractivity contribution is 0.0377. The number of nitrogens with zero attached hydrogens (tertiary/aromatic N) is 1. The Morgan fingerprint density at radius 1 is 1.42 bits per heavy atom. The van der Waals surface area contributed by atoms with Gasteiger partial charge in [0.1, 0.15) is 0 Å². The van der Waals surface area contributed by atoms with Crippen molar-refractivity contribution in [1.29, 1.82) is 0 Å². The first-order valence-electron chi connectivity index (χ1n) is 4.31. The van der Waals surface area contributed by atoms with Crippen LogP contribution in [0.15, 0.2) is 0 Å². The van der Waals surface area contributed by atoms with E-state index in [1.165, 1.54) is 0 Å². The topological polar surface area (TPSA) is 12.5 Å². The molecule has 0 saturated carbocycles. The fourth-order valence-electron chi connectivity index (χ4n) is 1.28. The molecule has 70 valence electrons. The molecular weight excluding hydrogens is 190 g/mol. The fraction of sp³-hybridized carbons (Fsp3) is 0.875. The SMILES string of the molecule is S=C(S)CCCN1CCOCC1. The summed E-state index contributed by atoms with van der Waals surface area (Å²) in [5.41, 5.74) is 0. The molecule has 0 aromatic rings. The maximum absolute atomic E-state index is 5.24. The molecule has 0 atom stereocenters. The molecule has 0 unspecified atom stereocenters. The van der Waals surface area contributed by atoms with Crippen molar-refractivity contribution >= 4 is 29.0 Å². The highest BCUT2D eigenvalue weighted by molar-refractivity contribution is 8.11. The Morgan fingerprint density at radius 2 is 2.08 bits per heavy atom. The van der Waals surface area contributed by atoms with Crippen LogP contribution in [-0.4, -0.2) is 41.9 Å². The van der Waals surface area contributed by atoms with Gasteiger partial charge >= 0.3 is 0 Å². The van der Waals surface area contributed by atoms with Gasteiger partial charge in [0.15, 0.2) is 0 Å². The van der Waals surface area contributed by atoms with E-state index in [0.29, 0.717) is 0 Å². The van der Waals surface area contributed by atoms with Crippen molar-refractivity contribution in [3.63, 3.8) is 0 Å². The van der Waals surface area contributed by atoms with Crippen molar-refractivity contribution in [3.8, 4) is 0 Å². The first-order valence-corrected chi connectivity index (χ1v) is 5.16. The van der Waals surface area contributed by atoms with Gasteiger partial charge in [-0.05, 0) is 19.4 Å². The van der Waals surface area contributed by atoms with Gasteiger partial charge in [-0.3, -0.25) is 4.90 Å². The minimum atomic E-state index is 0.822. The van der Waals surface area contributed by atoms with E-state index in [-0.39, 0.29) is 0 Å². The Bertz CT molecular complexity index is 146. The zero-order chi connectivity index (χ0) is 8.81. The van der Waals surface area contributed by atoms with Gasteiger partial charge in [-0.15, -0.1) is 12.6 Å². The molecule has 1 rings (SSSR count). The molecule has 1 aliphatic heterocycles. The van der Waals surface area contributed by atoms with Crippen LogP contribution in [0.5, 0.6) is 0 Å². The summed E-state index contributed by atoms with van der Waals surface area (Å²) < 4.78 is 6.07. The van der Waals surface area contributed by atoms with E-state index in [4.69, 9.17) is 17.0 Å². The number of thiol groups is 1. The molecule has 0 aliphatic carbocycles. The van der Waals surface area contributed by atoms with E-state index in [1.54, 1.807) is 0 Å². The molecule has 0 bridgehead atoms. The summed E-state index contributed by atoms with van der Waals surface area (Å²) >= 11 is 8.97. The van der Waals surface area contributed by atoms with Crippen LogP contribution in [0.25, 0.3) is 0 Å². The number of rotatable bonds is 4. The molecule has 1 saturated heterocycles. The molecular formula is C8H15NOS2. The van der Waals surface area contributed by atoms with Crippen LogP contribution in [-0.2, 0) is 4.74 Å². The molecule has 12 heavy (non-hydrogen) atoms. The second-order valence-corrected chi connectivity index (χ2v) is 4.29. The third-order valence-corrected chi connectivity index (χ3v) is 2.40. The number of hydrogen-bond acceptors (Lipinski definition) is 3. The van der Waals surface area contributed by atoms with Crippen molar-refractivity contribution in [2.45, 2.75) is 12.8 Å². The lowest BCUT2D eigenvalue weighted by Crippen LogP contribution is -2.36. The van der Waals surface area contributed by atoms with E-state index < -0.39 is 0 Å². The molecule has 0 N–H and O–H groups in total. The Labute approximate surface area is 84.7 Å². The van der Waals surface area contributed by atoms with Gasteiger partial charge in [0.25, 0.3) is 0 Å². The summed E-state index contributed by atoms with van der Waals surface area (Å²) in [5.74, 6) is 0. The zero-order valence-electron chi connectivity index (χ0n) is 7.16. The van der Waals surface area contributed by atoms with Crippen molar-refractivity contribution < 1.29 is 4.74 Å². The third kappa shape index (κ3) is 4.40. The average Bonchev–Trinajstić information content (AvgIpc) is 2.05. The van der Waals surface area contributed by atoms with Crippen LogP contribution in [0.3, 0.4) is 0 Å². The van der Waals surface area contributed by atoms with Crippen LogP contribution in [0.1, 0.15) is 12.8 Å². The highest BCUT2D eigenvalue weighted by Gasteiger charge is 2.08. The van der Waals surface area contributed by atoms with Gasteiger partial charge in [0.05, 0.1) is 13.2 Å². The summed E-state index contributed by atoms with van der Waals surface area (Å²) in [4.78, 5) is 2.41. The lowest BCUT2D eigenvalue weighted by Gasteiger charge is -2.26. The van der Waals surface area contributed by atoms with E-state index in [9.17, 15) is 0 Å². The summed E-state index contributed by atoms with van der Waals surface area (Å²) in [6.07, 6.45) is 2.08. The third-order valence-electron chi connectivity index (χ3n) is 1.97. The van der Waals surface area contributed by atoms with Crippen molar-refractivity contribution in [2.75, 3.05) is 32.8 Å². The summed E-state index contributed by atoms with van der Waals surface area (Å²) in [5, 5.41) is 0. The molecule has 0 radical (unpaired) electrons. The van der Waals surface area contributed by atoms with Crippen molar-refractivity contribution in [1.82, 2.24) is 4.90 Å². The van der Waals surface area contributed by atoms with Gasteiger partial charge in [-0.1, -0.05) is 12.2 Å². The number of thiocarbonyl (C=S) groups is 1. The molecule has 0 amide bonds. The van der Waals surface area contributed by atoms with Crippen LogP contribution in [0, 0.1) is 0 Å². The number of ether oxygens (including phenoxy) is 1. The minimum Gasteiger partial charge on any atom is -0.379 e. The van der Waals surface area contributed by atoms with Gasteiger partial charge in [0.2, 0.25) is 0 Å². The number of morpholine rings is 1. The van der Waals surface area contributed by atoms with E-state index in [1.807, 2.05) is 0 Å². The molecule has 1 fully saturated rings.